The molecular weight excluding hydrogens is 767 g/mol. The van der Waals surface area contributed by atoms with E-state index in [1.165, 1.54) is 111 Å². The molecule has 1 atom stereocenters. The SMILES string of the molecule is CCCC(C)c1cc2c(-c3ccc(C(C)(C)C)cc3)cccc2[cH-]1.C[Si]C.Cc1cc2c(-c3ccc(C4CCCCC4)cc3)cccc2[cH-]1.[Cl][Zr+2][Cl]. The van der Waals surface area contributed by atoms with Crippen molar-refractivity contribution in [2.45, 2.75) is 117 Å². The van der Waals surface area contributed by atoms with E-state index < -0.39 is 20.8 Å². The summed E-state index contributed by atoms with van der Waals surface area (Å²) < 4.78 is 0. The normalized spacial score (nSPS) is 13.6. The van der Waals surface area contributed by atoms with Crippen molar-refractivity contribution < 1.29 is 20.8 Å². The molecule has 2 radical (unpaired) electrons. The van der Waals surface area contributed by atoms with Gasteiger partial charge in [0.15, 0.2) is 0 Å². The first-order valence-corrected chi connectivity index (χ1v) is 27.5. The fourth-order valence-corrected chi connectivity index (χ4v) is 7.55. The van der Waals surface area contributed by atoms with Crippen LogP contribution in [0.2, 0.25) is 13.1 Å². The maximum absolute atomic E-state index is 4.93. The Morgan fingerprint density at radius 1 is 0.750 bits per heavy atom. The molecule has 0 N–H and O–H groups in total. The average molecular weight is 825 g/mol. The topological polar surface area (TPSA) is 0 Å². The summed E-state index contributed by atoms with van der Waals surface area (Å²) in [7, 11) is 11.0. The molecule has 52 heavy (non-hydrogen) atoms. The van der Waals surface area contributed by atoms with E-state index in [9.17, 15) is 0 Å². The zero-order valence-corrected chi connectivity index (χ0v) is 37.7. The van der Waals surface area contributed by atoms with Gasteiger partial charge in [-0.2, -0.15) is 12.1 Å². The Morgan fingerprint density at radius 2 is 1.25 bits per heavy atom. The van der Waals surface area contributed by atoms with E-state index in [1.807, 2.05) is 0 Å². The Hall–Kier alpha value is -2.22. The van der Waals surface area contributed by atoms with Gasteiger partial charge < -0.3 is 0 Å². The second-order valence-electron chi connectivity index (χ2n) is 15.5. The molecule has 1 saturated carbocycles. The van der Waals surface area contributed by atoms with Crippen LogP contribution in [0.15, 0.2) is 109 Å². The van der Waals surface area contributed by atoms with Crippen LogP contribution in [-0.2, 0) is 26.3 Å². The van der Waals surface area contributed by atoms with Gasteiger partial charge in [-0.3, -0.25) is 0 Å². The van der Waals surface area contributed by atoms with E-state index in [0.717, 1.165) is 15.4 Å². The number of rotatable bonds is 6. The van der Waals surface area contributed by atoms with Crippen LogP contribution < -0.4 is 0 Å². The zero-order chi connectivity index (χ0) is 37.7. The van der Waals surface area contributed by atoms with Crippen LogP contribution in [0.1, 0.15) is 114 Å². The molecule has 1 aliphatic rings. The molecule has 1 unspecified atom stereocenters. The Balaban J connectivity index is 0.000000203. The van der Waals surface area contributed by atoms with E-state index in [2.05, 4.69) is 164 Å². The van der Waals surface area contributed by atoms with E-state index in [-0.39, 0.29) is 5.41 Å². The number of fused-ring (bicyclic) bond motifs is 2. The molecule has 0 spiro atoms. The summed E-state index contributed by atoms with van der Waals surface area (Å²) in [5.41, 5.74) is 11.3. The zero-order valence-electron chi connectivity index (χ0n) is 32.8. The molecular formula is C48H58Cl2SiZr. The van der Waals surface area contributed by atoms with Crippen molar-refractivity contribution >= 4 is 48.1 Å². The van der Waals surface area contributed by atoms with Gasteiger partial charge in [0, 0.05) is 9.52 Å². The van der Waals surface area contributed by atoms with Crippen molar-refractivity contribution in [1.82, 2.24) is 0 Å². The molecule has 7 rings (SSSR count). The maximum atomic E-state index is 4.93. The second-order valence-corrected chi connectivity index (χ2v) is 20.2. The van der Waals surface area contributed by atoms with Gasteiger partial charge in [-0.05, 0) is 58.8 Å². The van der Waals surface area contributed by atoms with Crippen molar-refractivity contribution in [3.63, 3.8) is 0 Å². The van der Waals surface area contributed by atoms with Gasteiger partial charge >= 0.3 is 37.9 Å². The third-order valence-corrected chi connectivity index (χ3v) is 10.3. The summed E-state index contributed by atoms with van der Waals surface area (Å²) in [6.07, 6.45) is 9.47. The molecule has 0 bridgehead atoms. The van der Waals surface area contributed by atoms with Gasteiger partial charge in [0.25, 0.3) is 0 Å². The molecule has 1 aliphatic carbocycles. The van der Waals surface area contributed by atoms with Gasteiger partial charge in [0.2, 0.25) is 0 Å². The van der Waals surface area contributed by atoms with Crippen molar-refractivity contribution in [3.05, 3.63) is 131 Å². The van der Waals surface area contributed by atoms with Crippen LogP contribution in [0.25, 0.3) is 43.8 Å². The van der Waals surface area contributed by atoms with Gasteiger partial charge in [0.1, 0.15) is 0 Å². The Morgan fingerprint density at radius 3 is 1.77 bits per heavy atom. The van der Waals surface area contributed by atoms with Gasteiger partial charge in [-0.25, -0.2) is 0 Å². The standard InChI is InChI=1S/C24H29.C22H23.C2H6Si.2ClH.Zr/c1-6-8-17(2)20-15-19-9-7-10-22(23(19)16-20)18-11-13-21(14-12-18)24(3,4)5;1-16-14-20-8-5-9-21(22(20)15-16)19-12-10-18(11-13-19)17-6-3-2-4-7-17;1-3-2;;;/h7,9-17H,6,8H2,1-5H3;5,8-15,17H,2-4,6-7H2,1H3;1-2H3;2*1H;/q2*-1;;;;+4/p-2. The first kappa shape index (κ1) is 42.5. The summed E-state index contributed by atoms with van der Waals surface area (Å²) in [5.74, 6) is 1.43. The molecule has 0 amide bonds. The molecule has 6 aromatic rings. The van der Waals surface area contributed by atoms with Gasteiger partial charge in [0.05, 0.1) is 0 Å². The van der Waals surface area contributed by atoms with Crippen molar-refractivity contribution in [2.75, 3.05) is 0 Å². The van der Waals surface area contributed by atoms with Crippen LogP contribution in [0.4, 0.5) is 0 Å². The summed E-state index contributed by atoms with van der Waals surface area (Å²) in [4.78, 5) is 0. The molecule has 0 nitrogen and oxygen atoms in total. The summed E-state index contributed by atoms with van der Waals surface area (Å²) >= 11 is -0.826. The van der Waals surface area contributed by atoms with E-state index in [0.29, 0.717) is 5.92 Å². The molecule has 4 heteroatoms. The summed E-state index contributed by atoms with van der Waals surface area (Å²) in [6, 6.07) is 41.1. The Kier molecular flexibility index (Phi) is 17.2. The predicted octanol–water partition coefficient (Wildman–Crippen LogP) is 16.2. The molecule has 0 aromatic heterocycles. The van der Waals surface area contributed by atoms with Gasteiger partial charge in [-0.15, -0.1) is 69.1 Å². The van der Waals surface area contributed by atoms with E-state index in [4.69, 9.17) is 17.0 Å². The van der Waals surface area contributed by atoms with Crippen LogP contribution in [-0.4, -0.2) is 9.52 Å². The van der Waals surface area contributed by atoms with Crippen molar-refractivity contribution in [2.24, 2.45) is 0 Å². The number of benzene rings is 4. The number of hydrogen-bond donors (Lipinski definition) is 0. The Bertz CT molecular complexity index is 1920. The molecule has 0 heterocycles. The van der Waals surface area contributed by atoms with Crippen molar-refractivity contribution in [3.8, 4) is 22.3 Å². The molecule has 0 saturated heterocycles. The Labute approximate surface area is 337 Å². The molecule has 272 valence electrons. The van der Waals surface area contributed by atoms with Crippen LogP contribution in [0, 0.1) is 6.92 Å². The summed E-state index contributed by atoms with van der Waals surface area (Å²) in [5, 5.41) is 5.49. The first-order chi connectivity index (χ1) is 25.0. The average Bonchev–Trinajstić information content (AvgIpc) is 3.76. The third kappa shape index (κ3) is 11.6. The van der Waals surface area contributed by atoms with E-state index in [1.54, 1.807) is 0 Å². The third-order valence-electron chi connectivity index (χ3n) is 10.3. The summed E-state index contributed by atoms with van der Waals surface area (Å²) in [6.45, 7) is 17.9. The second kappa shape index (κ2) is 21.0. The van der Waals surface area contributed by atoms with Crippen molar-refractivity contribution in [1.29, 1.82) is 0 Å². The van der Waals surface area contributed by atoms with Crippen LogP contribution in [0.3, 0.4) is 0 Å². The minimum absolute atomic E-state index is 0.202. The van der Waals surface area contributed by atoms with E-state index >= 15 is 0 Å². The minimum atomic E-state index is -0.826. The molecule has 1 fully saturated rings. The molecule has 0 aliphatic heterocycles. The fourth-order valence-electron chi connectivity index (χ4n) is 7.55. The number of hydrogen-bond acceptors (Lipinski definition) is 0. The quantitative estimate of drug-likeness (QED) is 0.116. The predicted molar refractivity (Wildman–Crippen MR) is 232 cm³/mol. The van der Waals surface area contributed by atoms with Crippen LogP contribution >= 0.6 is 17.0 Å². The molecule has 6 aromatic carbocycles. The number of halogens is 2. The fraction of sp³-hybridized carbons (Fsp3) is 0.375. The number of aryl methyl sites for hydroxylation is 1. The van der Waals surface area contributed by atoms with Crippen LogP contribution in [0.5, 0.6) is 0 Å². The van der Waals surface area contributed by atoms with Gasteiger partial charge in [-0.1, -0.05) is 152 Å². The monoisotopic (exact) mass is 822 g/mol. The first-order valence-electron chi connectivity index (χ1n) is 19.2.